The maximum absolute atomic E-state index is 12.6. The van der Waals surface area contributed by atoms with Crippen molar-refractivity contribution in [3.8, 4) is 0 Å². The Labute approximate surface area is 161 Å². The summed E-state index contributed by atoms with van der Waals surface area (Å²) in [6.07, 6.45) is 4.67. The highest BCUT2D eigenvalue weighted by atomic mass is 32.2. The van der Waals surface area contributed by atoms with Gasteiger partial charge in [0.15, 0.2) is 0 Å². The van der Waals surface area contributed by atoms with Crippen LogP contribution in [0, 0.1) is 0 Å². The van der Waals surface area contributed by atoms with Gasteiger partial charge in [0.2, 0.25) is 10.0 Å². The first kappa shape index (κ1) is 19.6. The SMILES string of the molecule is C[C@@H](NC(=O)c1cccc(S(=O)(=O)N(C)C)c1)c1ccc2c(c1)CCCC2. The van der Waals surface area contributed by atoms with E-state index in [0.717, 1.165) is 22.7 Å². The number of hydrogen-bond acceptors (Lipinski definition) is 3. The summed E-state index contributed by atoms with van der Waals surface area (Å²) >= 11 is 0. The van der Waals surface area contributed by atoms with Crippen LogP contribution < -0.4 is 5.32 Å². The van der Waals surface area contributed by atoms with Crippen LogP contribution >= 0.6 is 0 Å². The third-order valence-corrected chi connectivity index (χ3v) is 6.91. The van der Waals surface area contributed by atoms with E-state index in [-0.39, 0.29) is 16.8 Å². The summed E-state index contributed by atoms with van der Waals surface area (Å²) < 4.78 is 25.7. The fourth-order valence-corrected chi connectivity index (χ4v) is 4.34. The highest BCUT2D eigenvalue weighted by Gasteiger charge is 2.20. The molecule has 1 atom stereocenters. The highest BCUT2D eigenvalue weighted by Crippen LogP contribution is 2.25. The third-order valence-electron chi connectivity index (χ3n) is 5.09. The van der Waals surface area contributed by atoms with Crippen molar-refractivity contribution in [1.29, 1.82) is 0 Å². The zero-order chi connectivity index (χ0) is 19.6. The van der Waals surface area contributed by atoms with Crippen molar-refractivity contribution < 1.29 is 13.2 Å². The number of benzene rings is 2. The molecule has 0 unspecified atom stereocenters. The predicted molar refractivity (Wildman–Crippen MR) is 106 cm³/mol. The third kappa shape index (κ3) is 4.22. The molecule has 1 aliphatic carbocycles. The first-order valence-electron chi connectivity index (χ1n) is 9.24. The molecule has 27 heavy (non-hydrogen) atoms. The molecule has 6 heteroatoms. The summed E-state index contributed by atoms with van der Waals surface area (Å²) in [4.78, 5) is 12.8. The second-order valence-electron chi connectivity index (χ2n) is 7.25. The van der Waals surface area contributed by atoms with E-state index in [9.17, 15) is 13.2 Å². The molecule has 5 nitrogen and oxygen atoms in total. The lowest BCUT2D eigenvalue weighted by Gasteiger charge is -2.20. The van der Waals surface area contributed by atoms with E-state index >= 15 is 0 Å². The van der Waals surface area contributed by atoms with E-state index in [0.29, 0.717) is 5.56 Å². The van der Waals surface area contributed by atoms with Crippen molar-refractivity contribution in [2.75, 3.05) is 14.1 Å². The molecule has 144 valence electrons. The molecule has 0 radical (unpaired) electrons. The normalized spacial score (nSPS) is 15.3. The Morgan fingerprint density at radius 1 is 1.04 bits per heavy atom. The van der Waals surface area contributed by atoms with E-state index in [2.05, 4.69) is 23.5 Å². The molecule has 3 rings (SSSR count). The van der Waals surface area contributed by atoms with Gasteiger partial charge in [-0.2, -0.15) is 0 Å². The summed E-state index contributed by atoms with van der Waals surface area (Å²) in [6.45, 7) is 1.95. The molecule has 1 aliphatic rings. The molecule has 0 spiro atoms. The fourth-order valence-electron chi connectivity index (χ4n) is 3.39. The molecule has 0 fully saturated rings. The number of fused-ring (bicyclic) bond motifs is 1. The van der Waals surface area contributed by atoms with Crippen LogP contribution in [0.4, 0.5) is 0 Å². The van der Waals surface area contributed by atoms with Crippen LogP contribution in [-0.2, 0) is 22.9 Å². The van der Waals surface area contributed by atoms with E-state index in [1.165, 1.54) is 50.2 Å². The topological polar surface area (TPSA) is 66.5 Å². The van der Waals surface area contributed by atoms with Crippen LogP contribution in [0.25, 0.3) is 0 Å². The molecular formula is C21H26N2O3S. The summed E-state index contributed by atoms with van der Waals surface area (Å²) in [5.41, 5.74) is 4.19. The van der Waals surface area contributed by atoms with Gasteiger partial charge >= 0.3 is 0 Å². The molecule has 0 aliphatic heterocycles. The van der Waals surface area contributed by atoms with Crippen molar-refractivity contribution in [2.45, 2.75) is 43.5 Å². The van der Waals surface area contributed by atoms with Crippen LogP contribution in [0.15, 0.2) is 47.4 Å². The van der Waals surface area contributed by atoms with E-state index in [1.54, 1.807) is 12.1 Å². The van der Waals surface area contributed by atoms with Gasteiger partial charge in [-0.25, -0.2) is 12.7 Å². The summed E-state index contributed by atoms with van der Waals surface area (Å²) in [6, 6.07) is 12.4. The van der Waals surface area contributed by atoms with E-state index < -0.39 is 10.0 Å². The Hall–Kier alpha value is -2.18. The standard InChI is InChI=1S/C21H26N2O3S/c1-15(17-12-11-16-7-4-5-8-18(16)13-17)22-21(24)19-9-6-10-20(14-19)27(25,26)23(2)3/h6,9-15H,4-5,7-8H2,1-3H3,(H,22,24)/t15-/m1/s1. The number of nitrogens with one attached hydrogen (secondary N) is 1. The average molecular weight is 387 g/mol. The number of carbonyl (C=O) groups excluding carboxylic acids is 1. The van der Waals surface area contributed by atoms with Gasteiger partial charge in [-0.1, -0.05) is 24.3 Å². The second kappa shape index (κ2) is 7.82. The summed E-state index contributed by atoms with van der Waals surface area (Å²) in [5, 5.41) is 2.98. The monoisotopic (exact) mass is 386 g/mol. The van der Waals surface area contributed by atoms with Crippen molar-refractivity contribution in [1.82, 2.24) is 9.62 Å². The maximum atomic E-state index is 12.6. The Balaban J connectivity index is 1.77. The minimum Gasteiger partial charge on any atom is -0.346 e. The first-order chi connectivity index (χ1) is 12.8. The van der Waals surface area contributed by atoms with Gasteiger partial charge in [-0.15, -0.1) is 0 Å². The Bertz CT molecular complexity index is 952. The van der Waals surface area contributed by atoms with E-state index in [4.69, 9.17) is 0 Å². The molecular weight excluding hydrogens is 360 g/mol. The van der Waals surface area contributed by atoms with Crippen LogP contribution in [-0.4, -0.2) is 32.7 Å². The first-order valence-corrected chi connectivity index (χ1v) is 10.7. The van der Waals surface area contributed by atoms with Gasteiger partial charge in [0.1, 0.15) is 0 Å². The molecule has 0 bridgehead atoms. The minimum atomic E-state index is -3.57. The van der Waals surface area contributed by atoms with Crippen molar-refractivity contribution in [2.24, 2.45) is 0 Å². The lowest BCUT2D eigenvalue weighted by atomic mass is 9.89. The van der Waals surface area contributed by atoms with Gasteiger partial charge in [-0.05, 0) is 67.5 Å². The zero-order valence-electron chi connectivity index (χ0n) is 16.0. The van der Waals surface area contributed by atoms with Crippen molar-refractivity contribution in [3.05, 3.63) is 64.7 Å². The molecule has 1 amide bonds. The number of amides is 1. The smallest absolute Gasteiger partial charge is 0.251 e. The number of hydrogen-bond donors (Lipinski definition) is 1. The maximum Gasteiger partial charge on any atom is 0.251 e. The Morgan fingerprint density at radius 3 is 2.44 bits per heavy atom. The fraction of sp³-hybridized carbons (Fsp3) is 0.381. The summed E-state index contributed by atoms with van der Waals surface area (Å²) in [5.74, 6) is -0.281. The minimum absolute atomic E-state index is 0.113. The summed E-state index contributed by atoms with van der Waals surface area (Å²) in [7, 11) is -0.626. The molecule has 2 aromatic carbocycles. The second-order valence-corrected chi connectivity index (χ2v) is 9.40. The van der Waals surface area contributed by atoms with Crippen molar-refractivity contribution >= 4 is 15.9 Å². The number of sulfonamides is 1. The van der Waals surface area contributed by atoms with Crippen LogP contribution in [0.3, 0.4) is 0 Å². The van der Waals surface area contributed by atoms with Crippen LogP contribution in [0.1, 0.15) is 52.9 Å². The quantitative estimate of drug-likeness (QED) is 0.857. The number of rotatable bonds is 5. The molecule has 2 aromatic rings. The van der Waals surface area contributed by atoms with Crippen LogP contribution in [0.2, 0.25) is 0 Å². The van der Waals surface area contributed by atoms with Gasteiger partial charge in [-0.3, -0.25) is 4.79 Å². The van der Waals surface area contributed by atoms with Gasteiger partial charge < -0.3 is 5.32 Å². The lowest BCUT2D eigenvalue weighted by molar-refractivity contribution is 0.0939. The number of carbonyl (C=O) groups is 1. The molecule has 0 heterocycles. The van der Waals surface area contributed by atoms with Crippen LogP contribution in [0.5, 0.6) is 0 Å². The lowest BCUT2D eigenvalue weighted by Crippen LogP contribution is -2.27. The van der Waals surface area contributed by atoms with Gasteiger partial charge in [0, 0.05) is 19.7 Å². The largest absolute Gasteiger partial charge is 0.346 e. The predicted octanol–water partition coefficient (Wildman–Crippen LogP) is 3.31. The molecule has 0 aromatic heterocycles. The molecule has 0 saturated carbocycles. The Kier molecular flexibility index (Phi) is 5.67. The van der Waals surface area contributed by atoms with E-state index in [1.807, 2.05) is 6.92 Å². The van der Waals surface area contributed by atoms with Crippen molar-refractivity contribution in [3.63, 3.8) is 0 Å². The number of aryl methyl sites for hydroxylation is 2. The zero-order valence-corrected chi connectivity index (χ0v) is 16.8. The highest BCUT2D eigenvalue weighted by molar-refractivity contribution is 7.89. The Morgan fingerprint density at radius 2 is 1.74 bits per heavy atom. The molecule has 0 saturated heterocycles. The average Bonchev–Trinajstić information content (AvgIpc) is 2.67. The van der Waals surface area contributed by atoms with Gasteiger partial charge in [0.05, 0.1) is 10.9 Å². The van der Waals surface area contributed by atoms with Gasteiger partial charge in [0.25, 0.3) is 5.91 Å². The molecule has 1 N–H and O–H groups in total. The number of nitrogens with zero attached hydrogens (tertiary/aromatic N) is 1.